The lowest BCUT2D eigenvalue weighted by atomic mass is 9.85. The van der Waals surface area contributed by atoms with Gasteiger partial charge >= 0.3 is 0 Å². The maximum absolute atomic E-state index is 13.8. The molecule has 1 aliphatic heterocycles. The van der Waals surface area contributed by atoms with Crippen molar-refractivity contribution in [1.82, 2.24) is 24.8 Å². The van der Waals surface area contributed by atoms with Gasteiger partial charge in [-0.05, 0) is 40.8 Å². The number of carbonyl (C=O) groups is 1. The SMILES string of the molecule is CNc1nccc(Oc2cccc3cc(C(=O)NC4=CC(OC)C(CN5CCOCC5)=CC(C(C)(C)C)=C4)n(C)c23)n1. The summed E-state index contributed by atoms with van der Waals surface area (Å²) in [5.41, 5.74) is 4.14. The van der Waals surface area contributed by atoms with E-state index in [4.69, 9.17) is 14.2 Å². The molecule has 3 aromatic rings. The van der Waals surface area contributed by atoms with Crippen LogP contribution in [0.15, 0.2) is 71.6 Å². The molecular weight excluding hydrogens is 532 g/mol. The number of anilines is 1. The fraction of sp³-hybridized carbons (Fsp3) is 0.406. The van der Waals surface area contributed by atoms with Crippen LogP contribution in [0.2, 0.25) is 0 Å². The summed E-state index contributed by atoms with van der Waals surface area (Å²) in [7, 11) is 5.32. The third kappa shape index (κ3) is 6.56. The van der Waals surface area contributed by atoms with Crippen molar-refractivity contribution in [1.29, 1.82) is 0 Å². The van der Waals surface area contributed by atoms with Crippen LogP contribution in [0.1, 0.15) is 31.3 Å². The highest BCUT2D eigenvalue weighted by molar-refractivity contribution is 6.01. The van der Waals surface area contributed by atoms with Gasteiger partial charge in [0.2, 0.25) is 11.8 Å². The van der Waals surface area contributed by atoms with Crippen molar-refractivity contribution >= 4 is 22.8 Å². The van der Waals surface area contributed by atoms with Gasteiger partial charge in [-0.3, -0.25) is 9.69 Å². The van der Waals surface area contributed by atoms with E-state index in [-0.39, 0.29) is 17.4 Å². The van der Waals surface area contributed by atoms with Crippen molar-refractivity contribution in [3.63, 3.8) is 0 Å². The molecular formula is C32H40N6O4. The van der Waals surface area contributed by atoms with Crippen LogP contribution < -0.4 is 15.4 Å². The number of para-hydroxylation sites is 1. The van der Waals surface area contributed by atoms with E-state index >= 15 is 0 Å². The summed E-state index contributed by atoms with van der Waals surface area (Å²) < 4.78 is 19.5. The van der Waals surface area contributed by atoms with Crippen molar-refractivity contribution < 1.29 is 19.0 Å². The summed E-state index contributed by atoms with van der Waals surface area (Å²) >= 11 is 0. The number of hydrogen-bond donors (Lipinski definition) is 2. The topological polar surface area (TPSA) is 103 Å². The number of rotatable bonds is 8. The molecule has 2 aromatic heterocycles. The second kappa shape index (κ2) is 12.5. The molecule has 10 heteroatoms. The van der Waals surface area contributed by atoms with Crippen LogP contribution in [0.4, 0.5) is 5.95 Å². The molecule has 1 saturated heterocycles. The van der Waals surface area contributed by atoms with Crippen molar-refractivity contribution in [3.05, 3.63) is 77.3 Å². The van der Waals surface area contributed by atoms with Gasteiger partial charge in [0.25, 0.3) is 5.91 Å². The molecule has 2 aliphatic rings. The minimum Gasteiger partial charge on any atom is -0.437 e. The monoisotopic (exact) mass is 572 g/mol. The number of morpholine rings is 1. The highest BCUT2D eigenvalue weighted by Crippen LogP contribution is 2.33. The van der Waals surface area contributed by atoms with Gasteiger partial charge in [-0.2, -0.15) is 4.98 Å². The third-order valence-corrected chi connectivity index (χ3v) is 7.56. The minimum atomic E-state index is -0.276. The standard InChI is InChI=1S/C32H40N6O4/c1-32(2,3)23-16-22(20-38-12-14-41-15-13-38)27(40-6)19-24(18-23)35-30(39)25-17-21-8-7-9-26(29(21)37(25)5)42-28-10-11-34-31(33-4)36-28/h7-11,16-19,27H,12-15,20H2,1-6H3,(H,35,39)(H,33,34,36). The lowest BCUT2D eigenvalue weighted by molar-refractivity contribution is 0.0391. The van der Waals surface area contributed by atoms with Crippen LogP contribution in [0, 0.1) is 5.41 Å². The number of aromatic nitrogens is 3. The summed E-state index contributed by atoms with van der Waals surface area (Å²) in [5.74, 6) is 1.24. The molecule has 0 saturated carbocycles. The zero-order chi connectivity index (χ0) is 29.9. The second-order valence-electron chi connectivity index (χ2n) is 11.5. The Morgan fingerprint density at radius 1 is 1.17 bits per heavy atom. The first-order valence-corrected chi connectivity index (χ1v) is 14.2. The molecule has 0 bridgehead atoms. The van der Waals surface area contributed by atoms with Crippen LogP contribution >= 0.6 is 0 Å². The highest BCUT2D eigenvalue weighted by Gasteiger charge is 2.26. The van der Waals surface area contributed by atoms with Crippen molar-refractivity contribution in [2.45, 2.75) is 26.9 Å². The number of hydrogen-bond acceptors (Lipinski definition) is 8. The van der Waals surface area contributed by atoms with Gasteiger partial charge in [0, 0.05) is 64.2 Å². The predicted molar refractivity (Wildman–Crippen MR) is 164 cm³/mol. The Labute approximate surface area is 247 Å². The number of methoxy groups -OCH3 is 1. The average molecular weight is 573 g/mol. The number of ether oxygens (including phenoxy) is 3. The molecule has 1 unspecified atom stereocenters. The normalized spacial score (nSPS) is 18.1. The quantitative estimate of drug-likeness (QED) is 0.401. The molecule has 1 aliphatic carbocycles. The first kappa shape index (κ1) is 29.5. The zero-order valence-corrected chi connectivity index (χ0v) is 25.2. The van der Waals surface area contributed by atoms with Gasteiger partial charge in [-0.25, -0.2) is 4.98 Å². The second-order valence-corrected chi connectivity index (χ2v) is 11.5. The number of carbonyl (C=O) groups excluding carboxylic acids is 1. The Morgan fingerprint density at radius 3 is 2.67 bits per heavy atom. The molecule has 0 spiro atoms. The van der Waals surface area contributed by atoms with Crippen LogP contribution in [0.5, 0.6) is 11.6 Å². The number of allylic oxidation sites excluding steroid dienone is 3. The molecule has 1 fully saturated rings. The molecule has 222 valence electrons. The molecule has 10 nitrogen and oxygen atoms in total. The molecule has 2 N–H and O–H groups in total. The molecule has 42 heavy (non-hydrogen) atoms. The Morgan fingerprint density at radius 2 is 1.95 bits per heavy atom. The van der Waals surface area contributed by atoms with E-state index in [9.17, 15) is 4.79 Å². The fourth-order valence-electron chi connectivity index (χ4n) is 5.20. The Hall–Kier alpha value is -3.99. The van der Waals surface area contributed by atoms with E-state index in [0.717, 1.165) is 54.9 Å². The Bertz CT molecular complexity index is 1540. The van der Waals surface area contributed by atoms with Gasteiger partial charge in [0.1, 0.15) is 11.8 Å². The molecule has 0 radical (unpaired) electrons. The number of amides is 1. The Kier molecular flexibility index (Phi) is 8.77. The van der Waals surface area contributed by atoms with E-state index in [0.29, 0.717) is 29.0 Å². The van der Waals surface area contributed by atoms with Crippen LogP contribution in [0.3, 0.4) is 0 Å². The van der Waals surface area contributed by atoms with Gasteiger partial charge in [-0.1, -0.05) is 39.0 Å². The van der Waals surface area contributed by atoms with E-state index in [2.05, 4.69) is 58.4 Å². The van der Waals surface area contributed by atoms with E-state index in [1.807, 2.05) is 42.0 Å². The summed E-state index contributed by atoms with van der Waals surface area (Å²) in [5, 5.41) is 6.96. The molecule has 1 amide bonds. The van der Waals surface area contributed by atoms with E-state index < -0.39 is 0 Å². The summed E-state index contributed by atoms with van der Waals surface area (Å²) in [6, 6.07) is 9.29. The third-order valence-electron chi connectivity index (χ3n) is 7.56. The summed E-state index contributed by atoms with van der Waals surface area (Å²) in [6.07, 6.45) is 7.64. The molecule has 5 rings (SSSR count). The highest BCUT2D eigenvalue weighted by atomic mass is 16.5. The lowest BCUT2D eigenvalue weighted by Crippen LogP contribution is -2.39. The lowest BCUT2D eigenvalue weighted by Gasteiger charge is -2.30. The van der Waals surface area contributed by atoms with Crippen LogP contribution in [-0.2, 0) is 16.5 Å². The average Bonchev–Trinajstić information content (AvgIpc) is 3.21. The van der Waals surface area contributed by atoms with Gasteiger partial charge in [0.05, 0.1) is 18.7 Å². The summed E-state index contributed by atoms with van der Waals surface area (Å²) in [6.45, 7) is 10.5. The molecule has 3 heterocycles. The van der Waals surface area contributed by atoms with Crippen molar-refractivity contribution in [3.8, 4) is 11.6 Å². The zero-order valence-electron chi connectivity index (χ0n) is 25.2. The van der Waals surface area contributed by atoms with Gasteiger partial charge < -0.3 is 29.4 Å². The minimum absolute atomic E-state index is 0.136. The smallest absolute Gasteiger partial charge is 0.272 e. The van der Waals surface area contributed by atoms with E-state index in [1.54, 1.807) is 26.4 Å². The molecule has 1 aromatic carbocycles. The predicted octanol–water partition coefficient (Wildman–Crippen LogP) is 4.68. The maximum atomic E-state index is 13.8. The summed E-state index contributed by atoms with van der Waals surface area (Å²) in [4.78, 5) is 24.7. The van der Waals surface area contributed by atoms with Crippen molar-refractivity contribution in [2.75, 3.05) is 52.3 Å². The van der Waals surface area contributed by atoms with Crippen molar-refractivity contribution in [2.24, 2.45) is 12.5 Å². The largest absolute Gasteiger partial charge is 0.437 e. The maximum Gasteiger partial charge on any atom is 0.272 e. The van der Waals surface area contributed by atoms with Gasteiger partial charge in [0.15, 0.2) is 5.75 Å². The number of nitrogens with one attached hydrogen (secondary N) is 2. The first-order valence-electron chi connectivity index (χ1n) is 14.2. The number of aryl methyl sites for hydroxylation is 1. The fourth-order valence-corrected chi connectivity index (χ4v) is 5.20. The first-order chi connectivity index (χ1) is 20.2. The van der Waals surface area contributed by atoms with E-state index in [1.165, 1.54) is 0 Å². The number of nitrogens with zero attached hydrogens (tertiary/aromatic N) is 4. The number of fused-ring (bicyclic) bond motifs is 1. The Balaban J connectivity index is 1.43. The van der Waals surface area contributed by atoms with Crippen LogP contribution in [-0.4, -0.2) is 78.5 Å². The molecule has 1 atom stereocenters. The van der Waals surface area contributed by atoms with Crippen LogP contribution in [0.25, 0.3) is 10.9 Å². The number of benzene rings is 1. The van der Waals surface area contributed by atoms with Gasteiger partial charge in [-0.15, -0.1) is 0 Å².